The van der Waals surface area contributed by atoms with Gasteiger partial charge >= 0.3 is 0 Å². The van der Waals surface area contributed by atoms with Crippen molar-refractivity contribution < 1.29 is 13.9 Å². The van der Waals surface area contributed by atoms with E-state index in [0.717, 1.165) is 17.5 Å². The average molecular weight is 328 g/mol. The minimum atomic E-state index is -0.716. The van der Waals surface area contributed by atoms with E-state index in [9.17, 15) is 4.79 Å². The lowest BCUT2D eigenvalue weighted by atomic mass is 10.1. The number of carbonyl (C=O) groups is 1. The molecule has 1 atom stereocenters. The summed E-state index contributed by atoms with van der Waals surface area (Å²) in [5, 5.41) is 0.533. The van der Waals surface area contributed by atoms with Gasteiger partial charge in [-0.1, -0.05) is 41.9 Å². The van der Waals surface area contributed by atoms with Crippen molar-refractivity contribution in [2.75, 3.05) is 0 Å². The van der Waals surface area contributed by atoms with E-state index in [1.54, 1.807) is 24.5 Å². The van der Waals surface area contributed by atoms with Crippen LogP contribution in [0.15, 0.2) is 59.2 Å². The van der Waals surface area contributed by atoms with Gasteiger partial charge in [-0.25, -0.2) is 4.98 Å². The Hall–Kier alpha value is -2.59. The molecule has 5 heteroatoms. The fourth-order valence-electron chi connectivity index (χ4n) is 2.20. The van der Waals surface area contributed by atoms with Crippen molar-refractivity contribution in [1.29, 1.82) is 0 Å². The van der Waals surface area contributed by atoms with Crippen molar-refractivity contribution in [3.8, 4) is 17.2 Å². The van der Waals surface area contributed by atoms with Crippen LogP contribution in [0.3, 0.4) is 0 Å². The molecule has 0 radical (unpaired) electrons. The summed E-state index contributed by atoms with van der Waals surface area (Å²) in [6.45, 7) is 1.83. The van der Waals surface area contributed by atoms with Gasteiger partial charge in [-0.2, -0.15) is 0 Å². The van der Waals surface area contributed by atoms with Gasteiger partial charge in [-0.15, -0.1) is 0 Å². The molecule has 23 heavy (non-hydrogen) atoms. The molecule has 0 aliphatic rings. The van der Waals surface area contributed by atoms with E-state index >= 15 is 0 Å². The number of benzene rings is 2. The van der Waals surface area contributed by atoms with Crippen molar-refractivity contribution >= 4 is 17.9 Å². The second-order valence-corrected chi connectivity index (χ2v) is 5.46. The van der Waals surface area contributed by atoms with Gasteiger partial charge in [0.2, 0.25) is 5.89 Å². The fraction of sp³-hybridized carbons (Fsp3) is 0.111. The number of ether oxygens (including phenoxy) is 1. The van der Waals surface area contributed by atoms with E-state index in [4.69, 9.17) is 20.8 Å². The highest BCUT2D eigenvalue weighted by Gasteiger charge is 2.18. The largest absolute Gasteiger partial charge is 0.477 e. The lowest BCUT2D eigenvalue weighted by Gasteiger charge is -2.16. The lowest BCUT2D eigenvalue weighted by molar-refractivity contribution is -0.113. The number of aryl methyl sites for hydroxylation is 1. The van der Waals surface area contributed by atoms with E-state index in [-0.39, 0.29) is 0 Å². The molecule has 0 N–H and O–H groups in total. The maximum Gasteiger partial charge on any atom is 0.229 e. The first-order valence-corrected chi connectivity index (χ1v) is 7.44. The summed E-state index contributed by atoms with van der Waals surface area (Å²) in [6, 6.07) is 14.4. The van der Waals surface area contributed by atoms with Crippen LogP contribution in [0.1, 0.15) is 17.4 Å². The molecule has 0 fully saturated rings. The summed E-state index contributed by atoms with van der Waals surface area (Å²) in [6.07, 6.45) is 1.59. The van der Waals surface area contributed by atoms with Crippen LogP contribution in [0.5, 0.6) is 5.75 Å². The van der Waals surface area contributed by atoms with Crippen LogP contribution in [0, 0.1) is 6.92 Å². The van der Waals surface area contributed by atoms with Gasteiger partial charge in [0.15, 0.2) is 12.4 Å². The van der Waals surface area contributed by atoms with Crippen LogP contribution in [0.25, 0.3) is 11.5 Å². The maximum absolute atomic E-state index is 11.4. The minimum Gasteiger partial charge on any atom is -0.477 e. The van der Waals surface area contributed by atoms with Crippen LogP contribution in [-0.4, -0.2) is 11.3 Å². The van der Waals surface area contributed by atoms with Gasteiger partial charge in [0.05, 0.1) is 11.3 Å². The predicted octanol–water partition coefficient (Wildman–Crippen LogP) is 4.62. The number of aromatic nitrogens is 1. The molecular formula is C18H14ClNO3. The number of rotatable bonds is 5. The number of hydrogen-bond donors (Lipinski definition) is 0. The number of nitrogens with zero attached hydrogens (tertiary/aromatic N) is 1. The van der Waals surface area contributed by atoms with E-state index in [1.807, 2.05) is 37.3 Å². The number of halogens is 1. The first-order chi connectivity index (χ1) is 11.2. The van der Waals surface area contributed by atoms with Crippen molar-refractivity contribution in [1.82, 2.24) is 4.98 Å². The second-order valence-electron chi connectivity index (χ2n) is 5.02. The van der Waals surface area contributed by atoms with Crippen molar-refractivity contribution in [2.45, 2.75) is 13.0 Å². The zero-order valence-electron chi connectivity index (χ0n) is 12.4. The molecule has 1 heterocycles. The van der Waals surface area contributed by atoms with Crippen LogP contribution < -0.4 is 4.74 Å². The molecule has 0 bridgehead atoms. The zero-order valence-corrected chi connectivity index (χ0v) is 13.2. The highest BCUT2D eigenvalue weighted by molar-refractivity contribution is 6.30. The smallest absolute Gasteiger partial charge is 0.229 e. The van der Waals surface area contributed by atoms with Crippen LogP contribution >= 0.6 is 11.6 Å². The van der Waals surface area contributed by atoms with E-state index in [0.29, 0.717) is 22.2 Å². The molecule has 0 spiro atoms. The van der Waals surface area contributed by atoms with Crippen LogP contribution in [-0.2, 0) is 4.79 Å². The Balaban J connectivity index is 1.98. The number of aldehydes is 1. The van der Waals surface area contributed by atoms with E-state index in [1.165, 1.54) is 0 Å². The summed E-state index contributed by atoms with van der Waals surface area (Å²) in [5.74, 6) is 0.884. The van der Waals surface area contributed by atoms with Gasteiger partial charge in [-0.05, 0) is 30.7 Å². The molecule has 3 aromatic rings. The highest BCUT2D eigenvalue weighted by Crippen LogP contribution is 2.34. The normalized spacial score (nSPS) is 11.9. The maximum atomic E-state index is 11.4. The topological polar surface area (TPSA) is 52.3 Å². The van der Waals surface area contributed by atoms with Gasteiger partial charge in [0.1, 0.15) is 12.0 Å². The van der Waals surface area contributed by atoms with Crippen molar-refractivity contribution in [2.24, 2.45) is 0 Å². The van der Waals surface area contributed by atoms with E-state index < -0.39 is 6.10 Å². The fourth-order valence-corrected chi connectivity index (χ4v) is 2.38. The molecule has 0 saturated carbocycles. The van der Waals surface area contributed by atoms with Gasteiger partial charge < -0.3 is 9.15 Å². The molecular weight excluding hydrogens is 314 g/mol. The third-order valence-corrected chi connectivity index (χ3v) is 3.53. The van der Waals surface area contributed by atoms with Gasteiger partial charge in [0.25, 0.3) is 0 Å². The lowest BCUT2D eigenvalue weighted by Crippen LogP contribution is -2.09. The molecule has 116 valence electrons. The minimum absolute atomic E-state index is 0.401. The summed E-state index contributed by atoms with van der Waals surface area (Å²) in [4.78, 5) is 15.7. The molecule has 4 nitrogen and oxygen atoms in total. The number of carbonyl (C=O) groups excluding carboxylic acids is 1. The monoisotopic (exact) mass is 327 g/mol. The molecule has 1 aromatic heterocycles. The average Bonchev–Trinajstić information content (AvgIpc) is 3.01. The third kappa shape index (κ3) is 3.43. The van der Waals surface area contributed by atoms with Crippen molar-refractivity contribution in [3.63, 3.8) is 0 Å². The Morgan fingerprint density at radius 2 is 2.00 bits per heavy atom. The Morgan fingerprint density at radius 1 is 1.22 bits per heavy atom. The molecule has 2 aromatic carbocycles. The quantitative estimate of drug-likeness (QED) is 0.641. The molecule has 3 rings (SSSR count). The second kappa shape index (κ2) is 6.67. The summed E-state index contributed by atoms with van der Waals surface area (Å²) in [5.41, 5.74) is 2.13. The summed E-state index contributed by atoms with van der Waals surface area (Å²) >= 11 is 6.07. The Bertz CT molecular complexity index is 814. The van der Waals surface area contributed by atoms with E-state index in [2.05, 4.69) is 4.98 Å². The molecule has 0 aliphatic heterocycles. The Kier molecular flexibility index (Phi) is 4.44. The SMILES string of the molecule is Cc1coc(-c2cc(Cl)ccc2OC(C=O)c2ccccc2)n1. The molecule has 0 amide bonds. The summed E-state index contributed by atoms with van der Waals surface area (Å²) in [7, 11) is 0. The Morgan fingerprint density at radius 3 is 2.65 bits per heavy atom. The number of hydrogen-bond acceptors (Lipinski definition) is 4. The van der Waals surface area contributed by atoms with Crippen molar-refractivity contribution in [3.05, 3.63) is 71.1 Å². The summed E-state index contributed by atoms with van der Waals surface area (Å²) < 4.78 is 11.3. The number of oxazole rings is 1. The van der Waals surface area contributed by atoms with Crippen LogP contribution in [0.2, 0.25) is 5.02 Å². The first kappa shape index (κ1) is 15.3. The zero-order chi connectivity index (χ0) is 16.2. The molecule has 0 saturated heterocycles. The first-order valence-electron chi connectivity index (χ1n) is 7.06. The molecule has 1 unspecified atom stereocenters. The Labute approximate surface area is 138 Å². The highest BCUT2D eigenvalue weighted by atomic mass is 35.5. The van der Waals surface area contributed by atoms with Gasteiger partial charge in [0, 0.05) is 5.02 Å². The molecule has 0 aliphatic carbocycles. The van der Waals surface area contributed by atoms with Gasteiger partial charge in [-0.3, -0.25) is 4.79 Å². The van der Waals surface area contributed by atoms with Crippen LogP contribution in [0.4, 0.5) is 0 Å². The third-order valence-electron chi connectivity index (χ3n) is 3.30. The predicted molar refractivity (Wildman–Crippen MR) is 87.6 cm³/mol. The standard InChI is InChI=1S/C18H14ClNO3/c1-12-11-22-18(20-12)15-9-14(19)7-8-16(15)23-17(10-21)13-5-3-2-4-6-13/h2-11,17H,1H3.